The molecule has 0 radical (unpaired) electrons. The molecule has 0 bridgehead atoms. The minimum atomic E-state index is -0.124. The maximum atomic E-state index is 14.0. The van der Waals surface area contributed by atoms with Crippen molar-refractivity contribution >= 4 is 44.8 Å². The summed E-state index contributed by atoms with van der Waals surface area (Å²) in [5.41, 5.74) is 4.84. The quantitative estimate of drug-likeness (QED) is 0.342. The third-order valence-electron chi connectivity index (χ3n) is 6.01. The number of halogens is 1. The SMILES string of the molecule is CCc1nc2c(c(=O)n1Cc1ccccc1)c1nc3ccccc3nc1n2-c1cccc(Cl)c1. The fraction of sp³-hybridized carbons (Fsp3) is 0.111. The zero-order valence-corrected chi connectivity index (χ0v) is 19.2. The summed E-state index contributed by atoms with van der Waals surface area (Å²) >= 11 is 6.33. The monoisotopic (exact) mass is 465 g/mol. The highest BCUT2D eigenvalue weighted by Crippen LogP contribution is 2.29. The van der Waals surface area contributed by atoms with E-state index in [0.717, 1.165) is 22.3 Å². The molecule has 3 aromatic carbocycles. The summed E-state index contributed by atoms with van der Waals surface area (Å²) in [6.07, 6.45) is 0.609. The third-order valence-corrected chi connectivity index (χ3v) is 6.24. The van der Waals surface area contributed by atoms with Gasteiger partial charge in [0.15, 0.2) is 11.3 Å². The predicted molar refractivity (Wildman–Crippen MR) is 136 cm³/mol. The lowest BCUT2D eigenvalue weighted by molar-refractivity contribution is 0.685. The lowest BCUT2D eigenvalue weighted by atomic mass is 10.2. The van der Waals surface area contributed by atoms with Gasteiger partial charge in [-0.1, -0.05) is 67.1 Å². The first-order chi connectivity index (χ1) is 16.6. The van der Waals surface area contributed by atoms with Crippen molar-refractivity contribution in [3.63, 3.8) is 0 Å². The van der Waals surface area contributed by atoms with Crippen molar-refractivity contribution < 1.29 is 0 Å². The summed E-state index contributed by atoms with van der Waals surface area (Å²) in [4.78, 5) is 28.7. The van der Waals surface area contributed by atoms with Gasteiger partial charge in [-0.3, -0.25) is 13.9 Å². The summed E-state index contributed by atoms with van der Waals surface area (Å²) in [6, 6.07) is 25.1. The standard InChI is InChI=1S/C27H20ClN5O/c1-2-22-31-25-23(27(34)32(22)16-17-9-4-3-5-10-17)24-26(30-21-14-7-6-13-20(21)29-24)33(25)19-12-8-11-18(28)15-19/h3-15H,2,16H2,1H3. The van der Waals surface area contributed by atoms with Crippen LogP contribution < -0.4 is 5.56 Å². The van der Waals surface area contributed by atoms with E-state index in [1.165, 1.54) is 0 Å². The molecule has 0 unspecified atom stereocenters. The van der Waals surface area contributed by atoms with Crippen molar-refractivity contribution in [2.24, 2.45) is 0 Å². The first kappa shape index (κ1) is 20.6. The number of rotatable bonds is 4. The van der Waals surface area contributed by atoms with Gasteiger partial charge in [-0.05, 0) is 35.9 Å². The van der Waals surface area contributed by atoms with E-state index in [2.05, 4.69) is 0 Å². The number of nitrogens with zero attached hydrogens (tertiary/aromatic N) is 5. The molecule has 0 amide bonds. The van der Waals surface area contributed by atoms with Gasteiger partial charge in [0.2, 0.25) is 0 Å². The van der Waals surface area contributed by atoms with Crippen molar-refractivity contribution in [2.75, 3.05) is 0 Å². The fourth-order valence-corrected chi connectivity index (χ4v) is 4.61. The van der Waals surface area contributed by atoms with Gasteiger partial charge in [0.1, 0.15) is 16.7 Å². The Morgan fingerprint density at radius 2 is 1.56 bits per heavy atom. The van der Waals surface area contributed by atoms with E-state index in [1.54, 1.807) is 4.57 Å². The van der Waals surface area contributed by atoms with Crippen molar-refractivity contribution in [2.45, 2.75) is 19.9 Å². The first-order valence-electron chi connectivity index (χ1n) is 11.1. The number of para-hydroxylation sites is 2. The van der Waals surface area contributed by atoms with E-state index in [-0.39, 0.29) is 5.56 Å². The maximum Gasteiger partial charge on any atom is 0.265 e. The van der Waals surface area contributed by atoms with Crippen molar-refractivity contribution in [3.8, 4) is 5.69 Å². The average Bonchev–Trinajstić information content (AvgIpc) is 3.18. The van der Waals surface area contributed by atoms with E-state index in [1.807, 2.05) is 90.4 Å². The largest absolute Gasteiger partial charge is 0.291 e. The minimum Gasteiger partial charge on any atom is -0.291 e. The molecule has 0 atom stereocenters. The van der Waals surface area contributed by atoms with E-state index in [9.17, 15) is 4.79 Å². The Hall–Kier alpha value is -4.03. The molecule has 0 N–H and O–H groups in total. The molecule has 3 aromatic heterocycles. The molecule has 0 aliphatic carbocycles. The lowest BCUT2D eigenvalue weighted by Crippen LogP contribution is -2.26. The second-order valence-corrected chi connectivity index (χ2v) is 8.59. The van der Waals surface area contributed by atoms with Crippen LogP contribution in [-0.4, -0.2) is 24.1 Å². The van der Waals surface area contributed by atoms with Gasteiger partial charge < -0.3 is 0 Å². The van der Waals surface area contributed by atoms with Gasteiger partial charge in [0, 0.05) is 11.4 Å². The molecular formula is C27H20ClN5O. The number of benzene rings is 3. The van der Waals surface area contributed by atoms with Gasteiger partial charge in [0.05, 0.1) is 23.3 Å². The highest BCUT2D eigenvalue weighted by atomic mass is 35.5. The van der Waals surface area contributed by atoms with Crippen molar-refractivity contribution in [3.05, 3.63) is 106 Å². The van der Waals surface area contributed by atoms with Gasteiger partial charge >= 0.3 is 0 Å². The van der Waals surface area contributed by atoms with Gasteiger partial charge in [0.25, 0.3) is 5.56 Å². The van der Waals surface area contributed by atoms with Crippen LogP contribution in [0.2, 0.25) is 5.02 Å². The van der Waals surface area contributed by atoms with Crippen LogP contribution in [0.25, 0.3) is 38.9 Å². The summed E-state index contributed by atoms with van der Waals surface area (Å²) < 4.78 is 3.64. The predicted octanol–water partition coefficient (Wildman–Crippen LogP) is 5.55. The Balaban J connectivity index is 1.76. The second kappa shape index (κ2) is 8.08. The number of hydrogen-bond acceptors (Lipinski definition) is 4. The van der Waals surface area contributed by atoms with Crippen LogP contribution >= 0.6 is 11.6 Å². The van der Waals surface area contributed by atoms with Crippen LogP contribution in [-0.2, 0) is 13.0 Å². The topological polar surface area (TPSA) is 65.6 Å². The molecule has 0 saturated heterocycles. The van der Waals surface area contributed by atoms with E-state index in [4.69, 9.17) is 26.6 Å². The number of hydrogen-bond donors (Lipinski definition) is 0. The van der Waals surface area contributed by atoms with Crippen LogP contribution in [0.3, 0.4) is 0 Å². The normalized spacial score (nSPS) is 11.6. The highest BCUT2D eigenvalue weighted by Gasteiger charge is 2.23. The first-order valence-corrected chi connectivity index (χ1v) is 11.5. The Morgan fingerprint density at radius 1 is 0.824 bits per heavy atom. The van der Waals surface area contributed by atoms with E-state index >= 15 is 0 Å². The molecule has 166 valence electrons. The fourth-order valence-electron chi connectivity index (χ4n) is 4.43. The summed E-state index contributed by atoms with van der Waals surface area (Å²) in [5, 5.41) is 1.05. The number of fused-ring (bicyclic) bond motifs is 4. The summed E-state index contributed by atoms with van der Waals surface area (Å²) in [5.74, 6) is 0.706. The van der Waals surface area contributed by atoms with E-state index < -0.39 is 0 Å². The molecular weight excluding hydrogens is 446 g/mol. The van der Waals surface area contributed by atoms with Crippen molar-refractivity contribution in [1.29, 1.82) is 0 Å². The Bertz CT molecular complexity index is 1750. The maximum absolute atomic E-state index is 14.0. The molecule has 0 saturated carbocycles. The van der Waals surface area contributed by atoms with Gasteiger partial charge in [-0.15, -0.1) is 0 Å². The van der Waals surface area contributed by atoms with Crippen LogP contribution in [0.5, 0.6) is 0 Å². The molecule has 6 aromatic rings. The smallest absolute Gasteiger partial charge is 0.265 e. The number of aromatic nitrogens is 5. The molecule has 7 heteroatoms. The molecule has 0 fully saturated rings. The molecule has 0 spiro atoms. The molecule has 34 heavy (non-hydrogen) atoms. The Morgan fingerprint density at radius 3 is 2.29 bits per heavy atom. The van der Waals surface area contributed by atoms with Crippen LogP contribution in [0.1, 0.15) is 18.3 Å². The zero-order chi connectivity index (χ0) is 23.2. The van der Waals surface area contributed by atoms with Crippen LogP contribution in [0.15, 0.2) is 83.7 Å². The van der Waals surface area contributed by atoms with Gasteiger partial charge in [-0.25, -0.2) is 15.0 Å². The third kappa shape index (κ3) is 3.26. The average molecular weight is 466 g/mol. The molecule has 3 heterocycles. The molecule has 6 nitrogen and oxygen atoms in total. The Labute approximate surface area is 200 Å². The molecule has 0 aliphatic rings. The number of aryl methyl sites for hydroxylation is 1. The Kier molecular flexibility index (Phi) is 4.89. The van der Waals surface area contributed by atoms with Crippen LogP contribution in [0.4, 0.5) is 0 Å². The van der Waals surface area contributed by atoms with Crippen LogP contribution in [0, 0.1) is 0 Å². The van der Waals surface area contributed by atoms with Crippen molar-refractivity contribution in [1.82, 2.24) is 24.1 Å². The molecule has 6 rings (SSSR count). The summed E-state index contributed by atoms with van der Waals surface area (Å²) in [6.45, 7) is 2.45. The van der Waals surface area contributed by atoms with E-state index in [0.29, 0.717) is 46.0 Å². The second-order valence-electron chi connectivity index (χ2n) is 8.16. The highest BCUT2D eigenvalue weighted by molar-refractivity contribution is 6.30. The summed E-state index contributed by atoms with van der Waals surface area (Å²) in [7, 11) is 0. The zero-order valence-electron chi connectivity index (χ0n) is 18.4. The van der Waals surface area contributed by atoms with Gasteiger partial charge in [-0.2, -0.15) is 0 Å². The molecule has 0 aliphatic heterocycles. The lowest BCUT2D eigenvalue weighted by Gasteiger charge is -2.12. The minimum absolute atomic E-state index is 0.124.